The Morgan fingerprint density at radius 3 is 2.85 bits per heavy atom. The van der Waals surface area contributed by atoms with E-state index in [0.29, 0.717) is 13.0 Å². The van der Waals surface area contributed by atoms with Gasteiger partial charge in [-0.25, -0.2) is 0 Å². The van der Waals surface area contributed by atoms with E-state index in [1.165, 1.54) is 22.0 Å². The summed E-state index contributed by atoms with van der Waals surface area (Å²) in [5.41, 5.74) is 3.70. The van der Waals surface area contributed by atoms with Gasteiger partial charge in [-0.1, -0.05) is 18.2 Å². The van der Waals surface area contributed by atoms with Crippen molar-refractivity contribution < 1.29 is 4.79 Å². The van der Waals surface area contributed by atoms with Crippen molar-refractivity contribution in [2.75, 3.05) is 20.1 Å². The van der Waals surface area contributed by atoms with Crippen LogP contribution in [0.2, 0.25) is 0 Å². The number of halogens is 1. The molecule has 3 N–H and O–H groups in total. The van der Waals surface area contributed by atoms with Crippen LogP contribution in [-0.4, -0.2) is 31.0 Å². The molecule has 1 amide bonds. The number of aromatic nitrogens is 1. The number of aryl methyl sites for hydroxylation is 1. The van der Waals surface area contributed by atoms with Gasteiger partial charge in [-0.05, 0) is 31.5 Å². The molecule has 5 heteroatoms. The van der Waals surface area contributed by atoms with Crippen LogP contribution in [0.3, 0.4) is 0 Å². The number of para-hydroxylation sites is 1. The standard InChI is InChI=1S/C15H21N3O.ClH/c1-11-4-3-5-13-12(10-18-15(11)13)6-9-17-14(19)7-8-16-2;/h3-5,10,16,18H,6-9H2,1-2H3,(H,17,19);1H. The van der Waals surface area contributed by atoms with Crippen LogP contribution in [0, 0.1) is 6.92 Å². The minimum atomic E-state index is 0. The fraction of sp³-hybridized carbons (Fsp3) is 0.400. The Labute approximate surface area is 125 Å². The van der Waals surface area contributed by atoms with Gasteiger partial charge in [0, 0.05) is 36.6 Å². The zero-order valence-corrected chi connectivity index (χ0v) is 12.8. The molecule has 20 heavy (non-hydrogen) atoms. The normalized spacial score (nSPS) is 10.3. The summed E-state index contributed by atoms with van der Waals surface area (Å²) in [7, 11) is 1.85. The predicted molar refractivity (Wildman–Crippen MR) is 85.5 cm³/mol. The summed E-state index contributed by atoms with van der Waals surface area (Å²) < 4.78 is 0. The number of aromatic amines is 1. The summed E-state index contributed by atoms with van der Waals surface area (Å²) >= 11 is 0. The van der Waals surface area contributed by atoms with E-state index in [9.17, 15) is 4.79 Å². The minimum Gasteiger partial charge on any atom is -0.361 e. The van der Waals surface area contributed by atoms with Gasteiger partial charge in [-0.2, -0.15) is 0 Å². The summed E-state index contributed by atoms with van der Waals surface area (Å²) in [6, 6.07) is 6.29. The van der Waals surface area contributed by atoms with Crippen molar-refractivity contribution in [3.8, 4) is 0 Å². The van der Waals surface area contributed by atoms with E-state index < -0.39 is 0 Å². The molecule has 0 saturated carbocycles. The quantitative estimate of drug-likeness (QED) is 0.765. The van der Waals surface area contributed by atoms with E-state index in [4.69, 9.17) is 0 Å². The number of hydrogen-bond donors (Lipinski definition) is 3. The maximum absolute atomic E-state index is 11.5. The van der Waals surface area contributed by atoms with Gasteiger partial charge in [0.05, 0.1) is 0 Å². The Morgan fingerprint density at radius 1 is 1.30 bits per heavy atom. The van der Waals surface area contributed by atoms with E-state index in [0.717, 1.165) is 13.0 Å². The summed E-state index contributed by atoms with van der Waals surface area (Å²) in [5, 5.41) is 7.16. The average molecular weight is 296 g/mol. The number of hydrogen-bond acceptors (Lipinski definition) is 2. The van der Waals surface area contributed by atoms with Gasteiger partial charge in [-0.3, -0.25) is 4.79 Å². The van der Waals surface area contributed by atoms with E-state index in [1.54, 1.807) is 0 Å². The number of carbonyl (C=O) groups is 1. The van der Waals surface area contributed by atoms with Crippen LogP contribution in [-0.2, 0) is 11.2 Å². The maximum atomic E-state index is 11.5. The molecule has 4 nitrogen and oxygen atoms in total. The number of benzene rings is 1. The van der Waals surface area contributed by atoms with E-state index in [-0.39, 0.29) is 18.3 Å². The maximum Gasteiger partial charge on any atom is 0.221 e. The van der Waals surface area contributed by atoms with E-state index >= 15 is 0 Å². The molecular weight excluding hydrogens is 274 g/mol. The van der Waals surface area contributed by atoms with Crippen molar-refractivity contribution in [2.24, 2.45) is 0 Å². The largest absolute Gasteiger partial charge is 0.361 e. The Hall–Kier alpha value is -1.52. The molecule has 2 aromatic rings. The third kappa shape index (κ3) is 3.99. The molecule has 0 unspecified atom stereocenters. The third-order valence-corrected chi connectivity index (χ3v) is 3.33. The number of rotatable bonds is 6. The highest BCUT2D eigenvalue weighted by atomic mass is 35.5. The van der Waals surface area contributed by atoms with Gasteiger partial charge in [0.1, 0.15) is 0 Å². The monoisotopic (exact) mass is 295 g/mol. The molecule has 0 atom stereocenters. The highest BCUT2D eigenvalue weighted by molar-refractivity contribution is 5.86. The van der Waals surface area contributed by atoms with E-state index in [1.807, 2.05) is 13.2 Å². The van der Waals surface area contributed by atoms with Crippen molar-refractivity contribution in [1.82, 2.24) is 15.6 Å². The number of H-pyrrole nitrogens is 1. The van der Waals surface area contributed by atoms with Gasteiger partial charge < -0.3 is 15.6 Å². The van der Waals surface area contributed by atoms with Crippen LogP contribution in [0.4, 0.5) is 0 Å². The third-order valence-electron chi connectivity index (χ3n) is 3.33. The second kappa shape index (κ2) is 7.92. The Balaban J connectivity index is 0.00000200. The number of nitrogens with one attached hydrogen (secondary N) is 3. The number of carbonyl (C=O) groups excluding carboxylic acids is 1. The van der Waals surface area contributed by atoms with Crippen LogP contribution in [0.1, 0.15) is 17.5 Å². The van der Waals surface area contributed by atoms with Crippen molar-refractivity contribution in [3.05, 3.63) is 35.5 Å². The molecule has 0 spiro atoms. The summed E-state index contributed by atoms with van der Waals surface area (Å²) in [6.07, 6.45) is 3.43. The lowest BCUT2D eigenvalue weighted by molar-refractivity contribution is -0.120. The first kappa shape index (κ1) is 16.5. The Morgan fingerprint density at radius 2 is 2.10 bits per heavy atom. The smallest absolute Gasteiger partial charge is 0.221 e. The molecule has 0 aliphatic rings. The van der Waals surface area contributed by atoms with Crippen LogP contribution in [0.25, 0.3) is 10.9 Å². The lowest BCUT2D eigenvalue weighted by atomic mass is 10.1. The average Bonchev–Trinajstić information content (AvgIpc) is 2.81. The van der Waals surface area contributed by atoms with Gasteiger partial charge in [0.15, 0.2) is 0 Å². The first-order valence-electron chi connectivity index (χ1n) is 6.69. The zero-order valence-electron chi connectivity index (χ0n) is 12.0. The molecule has 0 fully saturated rings. The molecule has 0 saturated heterocycles. The SMILES string of the molecule is CNCCC(=O)NCCc1c[nH]c2c(C)cccc12.Cl. The van der Waals surface area contributed by atoms with Crippen LogP contribution in [0.15, 0.2) is 24.4 Å². The summed E-state index contributed by atoms with van der Waals surface area (Å²) in [6.45, 7) is 3.50. The fourth-order valence-electron chi connectivity index (χ4n) is 2.23. The van der Waals surface area contributed by atoms with E-state index in [2.05, 4.69) is 40.7 Å². The Bertz CT molecular complexity index is 565. The van der Waals surface area contributed by atoms with Crippen molar-refractivity contribution in [1.29, 1.82) is 0 Å². The van der Waals surface area contributed by atoms with Crippen molar-refractivity contribution >= 4 is 29.2 Å². The summed E-state index contributed by atoms with van der Waals surface area (Å²) in [5.74, 6) is 0.102. The lowest BCUT2D eigenvalue weighted by Crippen LogP contribution is -2.28. The fourth-order valence-corrected chi connectivity index (χ4v) is 2.23. The minimum absolute atomic E-state index is 0. The van der Waals surface area contributed by atoms with Gasteiger partial charge in [-0.15, -0.1) is 12.4 Å². The van der Waals surface area contributed by atoms with Gasteiger partial charge >= 0.3 is 0 Å². The van der Waals surface area contributed by atoms with Gasteiger partial charge in [0.25, 0.3) is 0 Å². The van der Waals surface area contributed by atoms with Crippen molar-refractivity contribution in [3.63, 3.8) is 0 Å². The van der Waals surface area contributed by atoms with Crippen LogP contribution >= 0.6 is 12.4 Å². The van der Waals surface area contributed by atoms with Gasteiger partial charge in [0.2, 0.25) is 5.91 Å². The topological polar surface area (TPSA) is 56.9 Å². The van der Waals surface area contributed by atoms with Crippen LogP contribution in [0.5, 0.6) is 0 Å². The molecule has 0 aliphatic heterocycles. The molecule has 0 bridgehead atoms. The highest BCUT2D eigenvalue weighted by Gasteiger charge is 2.05. The molecular formula is C15H22ClN3O. The Kier molecular flexibility index (Phi) is 6.55. The predicted octanol–water partition coefficient (Wildman–Crippen LogP) is 2.17. The molecule has 110 valence electrons. The molecule has 0 radical (unpaired) electrons. The lowest BCUT2D eigenvalue weighted by Gasteiger charge is -2.04. The molecule has 1 aromatic carbocycles. The molecule has 2 rings (SSSR count). The second-order valence-corrected chi connectivity index (χ2v) is 4.76. The van der Waals surface area contributed by atoms with Crippen LogP contribution < -0.4 is 10.6 Å². The zero-order chi connectivity index (χ0) is 13.7. The molecule has 0 aliphatic carbocycles. The molecule has 1 heterocycles. The molecule has 1 aromatic heterocycles. The number of fused-ring (bicyclic) bond motifs is 1. The summed E-state index contributed by atoms with van der Waals surface area (Å²) in [4.78, 5) is 14.8. The second-order valence-electron chi connectivity index (χ2n) is 4.76. The highest BCUT2D eigenvalue weighted by Crippen LogP contribution is 2.21. The first-order chi connectivity index (χ1) is 9.22. The van der Waals surface area contributed by atoms with Crippen molar-refractivity contribution in [2.45, 2.75) is 19.8 Å². The first-order valence-corrected chi connectivity index (χ1v) is 6.69. The number of amides is 1.